The highest BCUT2D eigenvalue weighted by Gasteiger charge is 2.32. The summed E-state index contributed by atoms with van der Waals surface area (Å²) in [6.07, 6.45) is 0. The molecule has 0 aromatic heterocycles. The fraction of sp³-hybridized carbons (Fsp3) is 0.872. The van der Waals surface area contributed by atoms with Crippen LogP contribution in [-0.4, -0.2) is 419 Å². The highest BCUT2D eigenvalue weighted by Crippen LogP contribution is 2.18. The number of nitrogens with two attached hydrogens (primary N) is 1. The lowest BCUT2D eigenvalue weighted by Gasteiger charge is -2.34. The molecule has 0 aromatic carbocycles. The lowest BCUT2D eigenvalue weighted by atomic mass is 10.2. The van der Waals surface area contributed by atoms with Gasteiger partial charge in [-0.05, 0) is 194 Å². The summed E-state index contributed by atoms with van der Waals surface area (Å²) in [5.74, 6) is -3.34. The van der Waals surface area contributed by atoms with Gasteiger partial charge in [-0.3, -0.25) is 107 Å². The maximum absolute atomic E-state index is 12.8. The maximum Gasteiger partial charge on any atom is 0.320 e. The number of ether oxygens (including phenoxy) is 10. The van der Waals surface area contributed by atoms with Crippen molar-refractivity contribution in [1.29, 1.82) is 0 Å². The molecule has 0 bridgehead atoms. The van der Waals surface area contributed by atoms with Gasteiger partial charge in [-0.25, -0.2) is 0 Å². The second kappa shape index (κ2) is 55.7. The number of amides is 1. The third kappa shape index (κ3) is 66.6. The van der Waals surface area contributed by atoms with E-state index in [9.17, 15) is 52.7 Å². The fourth-order valence-electron chi connectivity index (χ4n) is 12.3. The zero-order valence-corrected chi connectivity index (χ0v) is 82.1. The van der Waals surface area contributed by atoms with E-state index in [4.69, 9.17) is 53.1 Å². The molecule has 0 atom stereocenters. The molecule has 3 aliphatic heterocycles. The van der Waals surface area contributed by atoms with Crippen LogP contribution in [0.3, 0.4) is 0 Å². The van der Waals surface area contributed by atoms with Crippen LogP contribution in [0.1, 0.15) is 194 Å². The van der Waals surface area contributed by atoms with E-state index in [1.165, 1.54) is 0 Å². The zero-order chi connectivity index (χ0) is 92.6. The Morgan fingerprint density at radius 1 is 0.246 bits per heavy atom. The average Bonchev–Trinajstić information content (AvgIpc) is 0.899. The van der Waals surface area contributed by atoms with Gasteiger partial charge in [-0.2, -0.15) is 0 Å². The second-order valence-corrected chi connectivity index (χ2v) is 40.0. The van der Waals surface area contributed by atoms with E-state index in [1.54, 1.807) is 6.92 Å². The summed E-state index contributed by atoms with van der Waals surface area (Å²) in [5, 5.41) is 6.21. The lowest BCUT2D eigenvalue weighted by molar-refractivity contribution is -0.158. The molecule has 35 nitrogen and oxygen atoms in total. The van der Waals surface area contributed by atoms with Crippen LogP contribution in [0.25, 0.3) is 0 Å². The predicted octanol–water partition coefficient (Wildman–Crippen LogP) is 4.20. The van der Waals surface area contributed by atoms with Crippen LogP contribution in [0.5, 0.6) is 0 Å². The van der Waals surface area contributed by atoms with Crippen LogP contribution in [0.4, 0.5) is 0 Å². The Kier molecular flexibility index (Phi) is 53.0. The van der Waals surface area contributed by atoms with Crippen LogP contribution in [0, 0.1) is 0 Å². The smallest absolute Gasteiger partial charge is 0.320 e. The Labute approximate surface area is 742 Å². The van der Waals surface area contributed by atoms with Crippen LogP contribution in [-0.2, 0) is 100 Å². The Morgan fingerprint density at radius 2 is 0.385 bits per heavy atom. The topological polar surface area (TPSA) is 366 Å². The minimum Gasteiger partial charge on any atom is -0.465 e. The molecule has 3 saturated heterocycles. The first-order valence-electron chi connectivity index (χ1n) is 43.2. The normalized spacial score (nSPS) is 17.9. The van der Waals surface area contributed by atoms with Crippen LogP contribution in [0.15, 0.2) is 0 Å². The number of halogens is 1. The highest BCUT2D eigenvalue weighted by atomic mass is 79.9. The van der Waals surface area contributed by atoms with Crippen molar-refractivity contribution < 1.29 is 100 Å². The Morgan fingerprint density at radius 3 is 0.525 bits per heavy atom. The molecular weight excluding hydrogens is 1640 g/mol. The Hall–Kier alpha value is -5.87. The minimum absolute atomic E-state index is 0. The van der Waals surface area contributed by atoms with Gasteiger partial charge in [-0.15, -0.1) is 17.0 Å². The van der Waals surface area contributed by atoms with Gasteiger partial charge in [0, 0.05) is 170 Å². The van der Waals surface area contributed by atoms with Gasteiger partial charge in [-0.1, -0.05) is 0 Å². The largest absolute Gasteiger partial charge is 0.465 e. The average molecular weight is 1810 g/mol. The molecule has 36 heteroatoms. The standard InChI is InChI=1S/C30H58N6O7.C30H56N4O8.C26H50N4O6.BrH/c1-28(2,3)41-25(38)21-34-14-12-33(20-24(37)32-11-10-31)13-15-35(22-26(39)42-29(4,5)6)17-19-36(18-16-34)23-27(40)43-30(7,8)9;1-11-39-24(35)20-31-12-14-32(21-25(36)40-28(2,3)4)16-18-34(23-27(38)42-30(8,9)10)19-17-33(15-13-31)22-26(37)41-29(5,6)7;1-24(2,3)34-21(31)18-28-12-10-27-11-13-29(19-22(32)35-25(4,5)6)15-17-30(16-14-28)20-23(33)36-26(7,8)9;/h10-23,31H2,1-9H3,(H,32,37);11-23H2,1-10H3;27H,10-20H2,1-9H3;1H. The van der Waals surface area contributed by atoms with E-state index in [-0.39, 0.29) is 161 Å². The fourth-order valence-corrected chi connectivity index (χ4v) is 12.3. The molecule has 0 spiro atoms. The van der Waals surface area contributed by atoms with Gasteiger partial charge >= 0.3 is 59.7 Å². The van der Waals surface area contributed by atoms with E-state index < -0.39 is 50.4 Å². The first kappa shape index (κ1) is 116. The van der Waals surface area contributed by atoms with Crippen molar-refractivity contribution in [2.24, 2.45) is 5.73 Å². The van der Waals surface area contributed by atoms with Crippen LogP contribution >= 0.6 is 17.0 Å². The van der Waals surface area contributed by atoms with Crippen molar-refractivity contribution in [2.45, 2.75) is 244 Å². The summed E-state index contributed by atoms with van der Waals surface area (Å²) in [4.78, 5) is 161. The molecular formula is C86H165BrN14O21. The molecule has 0 radical (unpaired) electrons. The van der Waals surface area contributed by atoms with Crippen LogP contribution < -0.4 is 16.4 Å². The zero-order valence-electron chi connectivity index (χ0n) is 80.3. The molecule has 0 aromatic rings. The first-order chi connectivity index (χ1) is 55.4. The van der Waals surface area contributed by atoms with Crippen molar-refractivity contribution in [3.63, 3.8) is 0 Å². The molecule has 1 amide bonds. The molecule has 0 unspecified atom stereocenters. The third-order valence-electron chi connectivity index (χ3n) is 17.0. The van der Waals surface area contributed by atoms with Gasteiger partial charge in [0.2, 0.25) is 5.91 Å². The highest BCUT2D eigenvalue weighted by molar-refractivity contribution is 8.93. The van der Waals surface area contributed by atoms with Gasteiger partial charge < -0.3 is 63.7 Å². The van der Waals surface area contributed by atoms with Gasteiger partial charge in [0.15, 0.2) is 0 Å². The SMILES string of the molecule is Br.CC(C)(C)OC(=O)CN1CCN(CC(=O)NCCN)CCN(CC(=O)OC(C)(C)C)CCN(CC(=O)OC(C)(C)C)CC1.CC(C)(C)OC(=O)CN1CCNCCN(CC(=O)OC(C)(C)C)CCN(CC(=O)OC(C)(C)C)CC1.CCOC(=O)CN1CCN(CC(=O)OC(C)(C)C)CCN(CC(=O)OC(C)(C)C)CCN(CC(=O)OC(C)(C)C)CC1. The summed E-state index contributed by atoms with van der Waals surface area (Å²) in [6.45, 7) is 66.5. The molecule has 712 valence electrons. The minimum atomic E-state index is -0.616. The van der Waals surface area contributed by atoms with Crippen molar-refractivity contribution >= 4 is 82.6 Å². The van der Waals surface area contributed by atoms with E-state index >= 15 is 0 Å². The maximum atomic E-state index is 12.8. The number of carbonyl (C=O) groups excluding carboxylic acids is 11. The van der Waals surface area contributed by atoms with E-state index in [1.807, 2.05) is 241 Å². The van der Waals surface area contributed by atoms with E-state index in [0.717, 1.165) is 0 Å². The molecule has 3 aliphatic rings. The number of nitrogens with one attached hydrogen (secondary N) is 2. The molecule has 4 N–H and O–H groups in total. The lowest BCUT2D eigenvalue weighted by Crippen LogP contribution is -2.50. The van der Waals surface area contributed by atoms with E-state index in [2.05, 4.69) is 10.6 Å². The van der Waals surface area contributed by atoms with Gasteiger partial charge in [0.05, 0.1) is 78.6 Å². The quantitative estimate of drug-likeness (QED) is 0.0851. The Balaban J connectivity index is 0.00000180. The van der Waals surface area contributed by atoms with Crippen molar-refractivity contribution in [1.82, 2.24) is 64.5 Å². The number of rotatable bonds is 25. The number of esters is 10. The van der Waals surface area contributed by atoms with Crippen molar-refractivity contribution in [2.75, 3.05) is 249 Å². The number of carbonyl (C=O) groups is 11. The van der Waals surface area contributed by atoms with Crippen molar-refractivity contribution in [3.05, 3.63) is 0 Å². The van der Waals surface area contributed by atoms with Gasteiger partial charge in [0.25, 0.3) is 0 Å². The van der Waals surface area contributed by atoms with Gasteiger partial charge in [0.1, 0.15) is 50.4 Å². The number of nitrogens with zero attached hydrogens (tertiary/aromatic N) is 11. The second-order valence-electron chi connectivity index (χ2n) is 40.0. The summed E-state index contributed by atoms with van der Waals surface area (Å²) in [6, 6.07) is 0. The molecule has 3 fully saturated rings. The molecule has 122 heavy (non-hydrogen) atoms. The van der Waals surface area contributed by atoms with E-state index in [0.29, 0.717) is 170 Å². The van der Waals surface area contributed by atoms with Crippen molar-refractivity contribution in [3.8, 4) is 0 Å². The summed E-state index contributed by atoms with van der Waals surface area (Å²) in [7, 11) is 0. The number of hydrogen-bond acceptors (Lipinski definition) is 34. The molecule has 3 rings (SSSR count). The third-order valence-corrected chi connectivity index (χ3v) is 17.0. The monoisotopic (exact) mass is 1810 g/mol. The Bertz CT molecular complexity index is 2990. The summed E-state index contributed by atoms with van der Waals surface area (Å²) >= 11 is 0. The number of hydrogen-bond donors (Lipinski definition) is 3. The molecule has 3 heterocycles. The first-order valence-corrected chi connectivity index (χ1v) is 43.2. The summed E-state index contributed by atoms with van der Waals surface area (Å²) < 4.78 is 55.2. The predicted molar refractivity (Wildman–Crippen MR) is 475 cm³/mol. The summed E-state index contributed by atoms with van der Waals surface area (Å²) in [5.41, 5.74) is 0.224. The molecule has 0 saturated carbocycles. The van der Waals surface area contributed by atoms with Crippen LogP contribution in [0.2, 0.25) is 0 Å². The molecule has 0 aliphatic carbocycles.